The maximum atomic E-state index is 12.6. The van der Waals surface area contributed by atoms with Crippen LogP contribution in [0.3, 0.4) is 0 Å². The van der Waals surface area contributed by atoms with Gasteiger partial charge in [-0.1, -0.05) is 51.1 Å². The van der Waals surface area contributed by atoms with Crippen molar-refractivity contribution < 1.29 is 23.9 Å². The molecule has 0 radical (unpaired) electrons. The highest BCUT2D eigenvalue weighted by atomic mass is 16.7. The quantitative estimate of drug-likeness (QED) is 0.842. The molecular formula is C16H20N2O5. The predicted molar refractivity (Wildman–Crippen MR) is 80.8 cm³/mol. The van der Waals surface area contributed by atoms with Gasteiger partial charge >= 0.3 is 17.8 Å². The van der Waals surface area contributed by atoms with Crippen molar-refractivity contribution in [1.82, 2.24) is 4.90 Å². The Labute approximate surface area is 134 Å². The van der Waals surface area contributed by atoms with Crippen LogP contribution in [0.15, 0.2) is 30.3 Å². The van der Waals surface area contributed by atoms with Crippen LogP contribution in [-0.2, 0) is 25.7 Å². The second-order valence-electron chi connectivity index (χ2n) is 6.26. The second kappa shape index (κ2) is 6.00. The van der Waals surface area contributed by atoms with Crippen molar-refractivity contribution in [3.05, 3.63) is 35.9 Å². The van der Waals surface area contributed by atoms with Crippen LogP contribution in [-0.4, -0.2) is 35.1 Å². The summed E-state index contributed by atoms with van der Waals surface area (Å²) in [5.41, 5.74) is 3.44. The number of cyclic esters (lactones) is 1. The molecule has 1 saturated heterocycles. The van der Waals surface area contributed by atoms with Crippen molar-refractivity contribution in [2.45, 2.75) is 33.1 Å². The first kappa shape index (κ1) is 17.0. The lowest BCUT2D eigenvalue weighted by Crippen LogP contribution is -2.77. The maximum absolute atomic E-state index is 12.6. The molecule has 1 aromatic rings. The van der Waals surface area contributed by atoms with Crippen LogP contribution in [0.25, 0.3) is 0 Å². The molecule has 0 saturated carbocycles. The van der Waals surface area contributed by atoms with Crippen LogP contribution in [0.1, 0.15) is 26.3 Å². The smallest absolute Gasteiger partial charge is 0.423 e. The fourth-order valence-corrected chi connectivity index (χ4v) is 2.42. The van der Waals surface area contributed by atoms with Gasteiger partial charge in [-0.25, -0.2) is 9.59 Å². The van der Waals surface area contributed by atoms with Gasteiger partial charge in [0.25, 0.3) is 0 Å². The molecule has 1 heterocycles. The maximum Gasteiger partial charge on any atom is 0.423 e. The summed E-state index contributed by atoms with van der Waals surface area (Å²) in [7, 11) is 0. The summed E-state index contributed by atoms with van der Waals surface area (Å²) in [6.45, 7) is 4.65. The molecule has 0 spiro atoms. The summed E-state index contributed by atoms with van der Waals surface area (Å²) in [4.78, 5) is 37.0. The molecule has 0 aliphatic carbocycles. The summed E-state index contributed by atoms with van der Waals surface area (Å²) in [5.74, 6) is -1.48. The first-order chi connectivity index (χ1) is 10.7. The highest BCUT2D eigenvalue weighted by Gasteiger charge is 2.69. The van der Waals surface area contributed by atoms with Crippen molar-refractivity contribution in [3.8, 4) is 0 Å². The Morgan fingerprint density at radius 1 is 1.26 bits per heavy atom. The van der Waals surface area contributed by atoms with E-state index in [-0.39, 0.29) is 6.61 Å². The molecule has 2 rings (SSSR count). The minimum Gasteiger partial charge on any atom is -0.456 e. The van der Waals surface area contributed by atoms with Crippen molar-refractivity contribution in [1.29, 1.82) is 0 Å². The molecule has 1 fully saturated rings. The van der Waals surface area contributed by atoms with Crippen molar-refractivity contribution in [3.63, 3.8) is 0 Å². The molecule has 2 N–H and O–H groups in total. The Morgan fingerprint density at radius 2 is 1.87 bits per heavy atom. The minimum atomic E-state index is -1.80. The van der Waals surface area contributed by atoms with E-state index in [9.17, 15) is 14.4 Å². The Balaban J connectivity index is 2.24. The summed E-state index contributed by atoms with van der Waals surface area (Å²) in [5, 5.41) is 0. The van der Waals surface area contributed by atoms with Crippen LogP contribution in [0.2, 0.25) is 0 Å². The van der Waals surface area contributed by atoms with Gasteiger partial charge in [0.05, 0.1) is 6.54 Å². The van der Waals surface area contributed by atoms with E-state index in [0.29, 0.717) is 0 Å². The molecule has 7 nitrogen and oxygen atoms in total. The summed E-state index contributed by atoms with van der Waals surface area (Å²) in [6, 6.07) is 9.07. The number of rotatable bonds is 4. The first-order valence-corrected chi connectivity index (χ1v) is 7.21. The third-order valence-electron chi connectivity index (χ3n) is 3.66. The van der Waals surface area contributed by atoms with Gasteiger partial charge in [-0.3, -0.25) is 4.79 Å². The zero-order valence-electron chi connectivity index (χ0n) is 13.4. The largest absolute Gasteiger partial charge is 0.456 e. The summed E-state index contributed by atoms with van der Waals surface area (Å²) < 4.78 is 10.4. The van der Waals surface area contributed by atoms with Gasteiger partial charge in [-0.05, 0) is 5.56 Å². The number of benzene rings is 1. The van der Waals surface area contributed by atoms with E-state index in [4.69, 9.17) is 15.2 Å². The Bertz CT molecular complexity index is 623. The molecule has 1 aliphatic heterocycles. The Morgan fingerprint density at radius 3 is 2.35 bits per heavy atom. The molecule has 0 aromatic heterocycles. The van der Waals surface area contributed by atoms with E-state index in [1.807, 2.05) is 18.2 Å². The van der Waals surface area contributed by atoms with Crippen molar-refractivity contribution >= 4 is 18.0 Å². The van der Waals surface area contributed by atoms with E-state index < -0.39 is 35.7 Å². The van der Waals surface area contributed by atoms with E-state index in [0.717, 1.165) is 10.5 Å². The van der Waals surface area contributed by atoms with Crippen molar-refractivity contribution in [2.75, 3.05) is 6.54 Å². The number of imide groups is 1. The topological polar surface area (TPSA) is 98.9 Å². The first-order valence-electron chi connectivity index (χ1n) is 7.21. The normalized spacial score (nSPS) is 20.5. The average molecular weight is 320 g/mol. The van der Waals surface area contributed by atoms with Gasteiger partial charge in [0.15, 0.2) is 0 Å². The van der Waals surface area contributed by atoms with Crippen molar-refractivity contribution in [2.24, 2.45) is 11.1 Å². The van der Waals surface area contributed by atoms with Crippen LogP contribution < -0.4 is 5.73 Å². The Hall–Kier alpha value is -2.41. The molecule has 23 heavy (non-hydrogen) atoms. The van der Waals surface area contributed by atoms with Gasteiger partial charge in [0.2, 0.25) is 5.91 Å². The number of hydrogen-bond donors (Lipinski definition) is 1. The lowest BCUT2D eigenvalue weighted by molar-refractivity contribution is -0.247. The SMILES string of the molecule is CC(C)(C)[C@@]1(C(=O)OCc2ccccc2)OC(=O)N1C(=O)CN. The van der Waals surface area contributed by atoms with Gasteiger partial charge < -0.3 is 15.2 Å². The van der Waals surface area contributed by atoms with Crippen LogP contribution >= 0.6 is 0 Å². The third-order valence-corrected chi connectivity index (χ3v) is 3.66. The molecule has 1 atom stereocenters. The molecule has 1 aliphatic rings. The Kier molecular flexibility index (Phi) is 4.42. The average Bonchev–Trinajstić information content (AvgIpc) is 2.49. The molecule has 7 heteroatoms. The highest BCUT2D eigenvalue weighted by Crippen LogP contribution is 2.45. The summed E-state index contributed by atoms with van der Waals surface area (Å²) >= 11 is 0. The van der Waals surface area contributed by atoms with E-state index in [1.54, 1.807) is 32.9 Å². The fourth-order valence-electron chi connectivity index (χ4n) is 2.42. The van der Waals surface area contributed by atoms with Crippen LogP contribution in [0.5, 0.6) is 0 Å². The number of ether oxygens (including phenoxy) is 2. The number of esters is 1. The highest BCUT2D eigenvalue weighted by molar-refractivity contribution is 6.04. The van der Waals surface area contributed by atoms with Gasteiger partial charge in [0.1, 0.15) is 6.61 Å². The number of carbonyl (C=O) groups is 3. The van der Waals surface area contributed by atoms with Gasteiger partial charge in [-0.15, -0.1) is 0 Å². The molecule has 1 aromatic carbocycles. The number of nitrogens with two attached hydrogens (primary N) is 1. The fraction of sp³-hybridized carbons (Fsp3) is 0.438. The lowest BCUT2D eigenvalue weighted by atomic mass is 9.79. The number of hydrogen-bond acceptors (Lipinski definition) is 6. The molecule has 124 valence electrons. The van der Waals surface area contributed by atoms with E-state index in [1.165, 1.54) is 0 Å². The zero-order chi connectivity index (χ0) is 17.3. The standard InChI is InChI=1S/C16H20N2O5/c1-15(2,3)16(18(12(19)9-17)14(21)23-16)13(20)22-10-11-7-5-4-6-8-11/h4-8H,9-10,17H2,1-3H3/t16-/m1/s1. The number of nitrogens with zero attached hydrogens (tertiary/aromatic N) is 1. The summed E-state index contributed by atoms with van der Waals surface area (Å²) in [6.07, 6.45) is -0.896. The third kappa shape index (κ3) is 2.79. The van der Waals surface area contributed by atoms with Gasteiger partial charge in [0, 0.05) is 5.41 Å². The minimum absolute atomic E-state index is 0.0136. The van der Waals surface area contributed by atoms with Crippen LogP contribution in [0, 0.1) is 5.41 Å². The molecular weight excluding hydrogens is 300 g/mol. The number of amides is 2. The molecule has 0 unspecified atom stereocenters. The lowest BCUT2D eigenvalue weighted by Gasteiger charge is -2.53. The van der Waals surface area contributed by atoms with E-state index in [2.05, 4.69) is 0 Å². The van der Waals surface area contributed by atoms with E-state index >= 15 is 0 Å². The molecule has 0 bridgehead atoms. The number of carbonyl (C=O) groups excluding carboxylic acids is 3. The van der Waals surface area contributed by atoms with Gasteiger partial charge in [-0.2, -0.15) is 4.90 Å². The molecule has 2 amide bonds. The second-order valence-corrected chi connectivity index (χ2v) is 6.26. The van der Waals surface area contributed by atoms with Crippen LogP contribution in [0.4, 0.5) is 4.79 Å². The monoisotopic (exact) mass is 320 g/mol. The zero-order valence-corrected chi connectivity index (χ0v) is 13.4. The predicted octanol–water partition coefficient (Wildman–Crippen LogP) is 1.41.